The topological polar surface area (TPSA) is 67.5 Å². The fourth-order valence-corrected chi connectivity index (χ4v) is 4.11. The third kappa shape index (κ3) is 4.90. The average molecular weight is 461 g/mol. The van der Waals surface area contributed by atoms with E-state index in [1.807, 2.05) is 65.6 Å². The van der Waals surface area contributed by atoms with Gasteiger partial charge in [0.2, 0.25) is 0 Å². The van der Waals surface area contributed by atoms with Crippen molar-refractivity contribution in [1.82, 2.24) is 9.30 Å². The van der Waals surface area contributed by atoms with Gasteiger partial charge in [-0.25, -0.2) is 9.18 Å². The molecule has 6 nitrogen and oxygen atoms in total. The summed E-state index contributed by atoms with van der Waals surface area (Å²) < 4.78 is 15.9. The Morgan fingerprint density at radius 1 is 0.909 bits per heavy atom. The van der Waals surface area contributed by atoms with Crippen LogP contribution in [0.3, 0.4) is 0 Å². The second-order valence-electron chi connectivity index (χ2n) is 7.85. The summed E-state index contributed by atoms with van der Waals surface area (Å²) in [5, 5.41) is 11.0. The smallest absolute Gasteiger partial charge is 0.365 e. The van der Waals surface area contributed by atoms with Crippen LogP contribution in [0, 0.1) is 5.82 Å². The Hall–Kier alpha value is -3.65. The molecule has 167 valence electrons. The second-order valence-corrected chi connectivity index (χ2v) is 8.43. The van der Waals surface area contributed by atoms with Gasteiger partial charge in [-0.2, -0.15) is 0 Å². The molecule has 3 radical (unpaired) electrons. The van der Waals surface area contributed by atoms with Crippen molar-refractivity contribution in [2.75, 3.05) is 18.0 Å². The average Bonchev–Trinajstić information content (AvgIpc) is 3.37. The summed E-state index contributed by atoms with van der Waals surface area (Å²) >= 11 is 0. The van der Waals surface area contributed by atoms with E-state index >= 15 is 0 Å². The number of fused-ring (bicyclic) bond motifs is 1. The largest absolute Gasteiger partial charge is 0.421 e. The van der Waals surface area contributed by atoms with Crippen molar-refractivity contribution in [1.29, 1.82) is 0 Å². The van der Waals surface area contributed by atoms with Crippen molar-refractivity contribution in [3.63, 3.8) is 0 Å². The Bertz CT molecular complexity index is 1370. The lowest BCUT2D eigenvalue weighted by atomic mass is 10.1. The second kappa shape index (κ2) is 9.87. The molecule has 0 spiro atoms. The van der Waals surface area contributed by atoms with E-state index in [9.17, 15) is 19.2 Å². The molecular formula is C25H23FN3O3Si. The van der Waals surface area contributed by atoms with Crippen LogP contribution >= 0.6 is 0 Å². The molecule has 1 N–H and O–H groups in total. The Labute approximate surface area is 193 Å². The van der Waals surface area contributed by atoms with Crippen LogP contribution in [0.1, 0.15) is 18.4 Å². The lowest BCUT2D eigenvalue weighted by Gasteiger charge is -2.20. The summed E-state index contributed by atoms with van der Waals surface area (Å²) in [6.07, 6.45) is 1.96. The molecule has 1 saturated heterocycles. The van der Waals surface area contributed by atoms with Crippen molar-refractivity contribution in [3.05, 3.63) is 105 Å². The highest BCUT2D eigenvalue weighted by Crippen LogP contribution is 2.27. The van der Waals surface area contributed by atoms with Gasteiger partial charge in [-0.05, 0) is 30.5 Å². The Balaban J connectivity index is 0.000000318. The van der Waals surface area contributed by atoms with Crippen LogP contribution in [-0.2, 0) is 6.54 Å². The van der Waals surface area contributed by atoms with E-state index in [1.165, 1.54) is 4.57 Å². The van der Waals surface area contributed by atoms with E-state index in [1.54, 1.807) is 6.07 Å². The monoisotopic (exact) mass is 460 g/mol. The molecule has 0 saturated carbocycles. The standard InChI is InChI=1S/C19H18FN3O3.C6H5Si/c20-15-10-14-16(11-17(15)21-8-4-5-9-21)22(19(25)23(26)18(14)24)12-13-6-2-1-3-7-13;7-6-4-2-1-3-5-6/h1-3,6-7,10-11,26H,4-5,8-9,12H2;1-5H. The molecule has 1 aromatic heterocycles. The molecule has 0 amide bonds. The number of benzene rings is 3. The van der Waals surface area contributed by atoms with Crippen molar-refractivity contribution >= 4 is 32.0 Å². The Kier molecular flexibility index (Phi) is 6.74. The van der Waals surface area contributed by atoms with E-state index in [2.05, 4.69) is 10.2 Å². The number of aromatic nitrogens is 2. The first-order valence-corrected chi connectivity index (χ1v) is 11.2. The summed E-state index contributed by atoms with van der Waals surface area (Å²) in [6.45, 7) is 1.65. The zero-order chi connectivity index (χ0) is 23.4. The van der Waals surface area contributed by atoms with E-state index in [-0.39, 0.29) is 16.7 Å². The third-order valence-electron chi connectivity index (χ3n) is 5.59. The summed E-state index contributed by atoms with van der Waals surface area (Å²) in [7, 11) is 3.36. The summed E-state index contributed by atoms with van der Waals surface area (Å²) in [5.41, 5.74) is -0.225. The van der Waals surface area contributed by atoms with Crippen molar-refractivity contribution in [2.45, 2.75) is 19.4 Å². The molecule has 0 bridgehead atoms. The number of hydrogen-bond donors (Lipinski definition) is 1. The number of anilines is 1. The van der Waals surface area contributed by atoms with Crippen LogP contribution in [0.15, 0.2) is 82.4 Å². The van der Waals surface area contributed by atoms with E-state index < -0.39 is 17.1 Å². The van der Waals surface area contributed by atoms with Gasteiger partial charge in [0.05, 0.1) is 33.4 Å². The molecule has 2 heterocycles. The van der Waals surface area contributed by atoms with Crippen LogP contribution in [0.5, 0.6) is 0 Å². The maximum absolute atomic E-state index is 14.6. The summed E-state index contributed by atoms with van der Waals surface area (Å²) in [5.74, 6) is -0.526. The highest BCUT2D eigenvalue weighted by Gasteiger charge is 2.20. The number of halogens is 1. The maximum atomic E-state index is 14.6. The Morgan fingerprint density at radius 3 is 2.09 bits per heavy atom. The SMILES string of the molecule is O=c1c2cc(F)c(N3CCCC3)cc2n(Cc2ccccc2)c(=O)n1O.[Si]c1ccccc1. The predicted octanol–water partition coefficient (Wildman–Crippen LogP) is 2.67. The first kappa shape index (κ1) is 22.5. The van der Waals surface area contributed by atoms with Gasteiger partial charge in [-0.3, -0.25) is 9.36 Å². The minimum atomic E-state index is -0.916. The predicted molar refractivity (Wildman–Crippen MR) is 128 cm³/mol. The van der Waals surface area contributed by atoms with Gasteiger partial charge >= 0.3 is 5.69 Å². The van der Waals surface area contributed by atoms with Crippen LogP contribution in [0.2, 0.25) is 0 Å². The molecule has 1 aliphatic heterocycles. The molecule has 33 heavy (non-hydrogen) atoms. The van der Waals surface area contributed by atoms with Crippen LogP contribution in [-0.4, -0.2) is 37.8 Å². The van der Waals surface area contributed by atoms with Gasteiger partial charge in [0.25, 0.3) is 5.56 Å². The molecule has 0 atom stereocenters. The lowest BCUT2D eigenvalue weighted by Crippen LogP contribution is -2.39. The molecule has 1 fully saturated rings. The van der Waals surface area contributed by atoms with E-state index in [0.29, 0.717) is 11.2 Å². The zero-order valence-electron chi connectivity index (χ0n) is 17.9. The van der Waals surface area contributed by atoms with E-state index in [4.69, 9.17) is 0 Å². The molecule has 0 unspecified atom stereocenters. The van der Waals surface area contributed by atoms with Gasteiger partial charge in [0.1, 0.15) is 5.82 Å². The van der Waals surface area contributed by atoms with Crippen molar-refractivity contribution < 1.29 is 9.60 Å². The minimum absolute atomic E-state index is 0.0246. The molecule has 0 aliphatic carbocycles. The van der Waals surface area contributed by atoms with Crippen LogP contribution in [0.4, 0.5) is 10.1 Å². The number of rotatable bonds is 3. The van der Waals surface area contributed by atoms with Crippen molar-refractivity contribution in [3.8, 4) is 0 Å². The van der Waals surface area contributed by atoms with Gasteiger partial charge < -0.3 is 10.1 Å². The highest BCUT2D eigenvalue weighted by molar-refractivity contribution is 6.32. The molecular weight excluding hydrogens is 437 g/mol. The molecule has 1 aliphatic rings. The number of hydrogen-bond acceptors (Lipinski definition) is 4. The van der Waals surface area contributed by atoms with Crippen LogP contribution < -0.4 is 21.3 Å². The Morgan fingerprint density at radius 2 is 1.52 bits per heavy atom. The quantitative estimate of drug-likeness (QED) is 0.377. The molecule has 4 aromatic rings. The first-order chi connectivity index (χ1) is 16.0. The maximum Gasteiger partial charge on any atom is 0.365 e. The molecule has 5 rings (SSSR count). The summed E-state index contributed by atoms with van der Waals surface area (Å²) in [6, 6.07) is 21.8. The van der Waals surface area contributed by atoms with Gasteiger partial charge in [-0.1, -0.05) is 70.6 Å². The number of nitrogens with zero attached hydrogens (tertiary/aromatic N) is 3. The fraction of sp³-hybridized carbons (Fsp3) is 0.200. The normalized spacial score (nSPS) is 13.1. The van der Waals surface area contributed by atoms with Gasteiger partial charge in [0, 0.05) is 13.1 Å². The summed E-state index contributed by atoms with van der Waals surface area (Å²) in [4.78, 5) is 26.7. The fourth-order valence-electron chi connectivity index (χ4n) is 3.92. The van der Waals surface area contributed by atoms with Crippen molar-refractivity contribution in [2.24, 2.45) is 0 Å². The zero-order valence-corrected chi connectivity index (χ0v) is 18.9. The third-order valence-corrected chi connectivity index (χ3v) is 5.93. The lowest BCUT2D eigenvalue weighted by molar-refractivity contribution is 0.158. The highest BCUT2D eigenvalue weighted by atomic mass is 28.1. The molecule has 3 aromatic carbocycles. The first-order valence-electron chi connectivity index (χ1n) is 10.7. The van der Waals surface area contributed by atoms with E-state index in [0.717, 1.165) is 42.7 Å². The van der Waals surface area contributed by atoms with Crippen LogP contribution in [0.25, 0.3) is 10.9 Å². The molecule has 8 heteroatoms. The van der Waals surface area contributed by atoms with Gasteiger partial charge in [0.15, 0.2) is 0 Å². The minimum Gasteiger partial charge on any atom is -0.421 e. The van der Waals surface area contributed by atoms with Gasteiger partial charge in [-0.15, -0.1) is 0 Å².